The maximum Gasteiger partial charge on any atom is 0.469 e. The zero-order chi connectivity index (χ0) is 31.9. The molecule has 3 aliphatic rings. The molecule has 21 heteroatoms. The molecule has 4 heterocycles. The number of allylic oxidation sites excluding steroid dienone is 1. The first-order valence-electron chi connectivity index (χ1n) is 12.7. The van der Waals surface area contributed by atoms with Gasteiger partial charge < -0.3 is 38.5 Å². The van der Waals surface area contributed by atoms with Crippen molar-refractivity contribution in [3.05, 3.63) is 43.3 Å². The molecule has 1 aromatic heterocycles. The molecule has 0 bridgehead atoms. The van der Waals surface area contributed by atoms with E-state index in [1.807, 2.05) is 0 Å². The molecule has 2 saturated heterocycles. The van der Waals surface area contributed by atoms with Gasteiger partial charge in [-0.15, -0.1) is 0 Å². The van der Waals surface area contributed by atoms with Crippen molar-refractivity contribution >= 4 is 43.0 Å². The number of ketones is 1. The first-order chi connectivity index (χ1) is 20.0. The van der Waals surface area contributed by atoms with Crippen LogP contribution in [0.25, 0.3) is 0 Å². The molecule has 0 spiro atoms. The third-order valence-corrected chi connectivity index (χ3v) is 9.45. The third kappa shape index (κ3) is 8.06. The van der Waals surface area contributed by atoms with E-state index in [1.54, 1.807) is 6.92 Å². The van der Waals surface area contributed by atoms with Gasteiger partial charge in [-0.25, -0.2) is 9.36 Å². The van der Waals surface area contributed by atoms with Crippen LogP contribution in [0.2, 0.25) is 0 Å². The van der Waals surface area contributed by atoms with Crippen molar-refractivity contribution in [1.29, 1.82) is 0 Å². The minimum absolute atomic E-state index is 0.0443. The molecule has 5 N–H and O–H groups in total. The molecule has 3 aliphatic heterocycles. The van der Waals surface area contributed by atoms with Crippen LogP contribution in [0.1, 0.15) is 26.0 Å². The van der Waals surface area contributed by atoms with Crippen molar-refractivity contribution in [2.75, 3.05) is 26.5 Å². The summed E-state index contributed by atoms with van der Waals surface area (Å²) in [5.41, 5.74) is -1.67. The summed E-state index contributed by atoms with van der Waals surface area (Å²) in [4.78, 5) is 80.8. The zero-order valence-corrected chi connectivity index (χ0v) is 26.1. The van der Waals surface area contributed by atoms with Gasteiger partial charge in [-0.2, -0.15) is 0 Å². The van der Waals surface area contributed by atoms with Gasteiger partial charge in [0, 0.05) is 37.4 Å². The predicted octanol–water partition coefficient (Wildman–Crippen LogP) is -0.680. The van der Waals surface area contributed by atoms with E-state index in [-0.39, 0.29) is 16.5 Å². The fraction of sp³-hybridized carbons (Fsp3) is 0.636. The number of hydrogen-bond donors (Lipinski definition) is 5. The number of carbonyl (C=O) groups excluding carboxylic acids is 2. The lowest BCUT2D eigenvalue weighted by molar-refractivity contribution is -0.146. The van der Waals surface area contributed by atoms with E-state index < -0.39 is 107 Å². The lowest BCUT2D eigenvalue weighted by Crippen LogP contribution is -2.44. The van der Waals surface area contributed by atoms with Gasteiger partial charge in [0.25, 0.3) is 5.56 Å². The number of rotatable bonds is 11. The van der Waals surface area contributed by atoms with Gasteiger partial charge >= 0.3 is 21.1 Å². The smallest absolute Gasteiger partial charge is 0.390 e. The molecule has 240 valence electrons. The van der Waals surface area contributed by atoms with Crippen LogP contribution in [-0.4, -0.2) is 103 Å². The normalized spacial score (nSPS) is 31.4. The number of nitrogens with zero attached hydrogens (tertiary/aromatic N) is 2. The lowest BCUT2D eigenvalue weighted by atomic mass is 9.99. The number of H-pyrrole nitrogens is 1. The van der Waals surface area contributed by atoms with Crippen LogP contribution in [0.4, 0.5) is 0 Å². The summed E-state index contributed by atoms with van der Waals surface area (Å²) in [6.07, 6.45) is -5.42. The number of carbonyl (C=O) groups is 2. The number of aromatic nitrogens is 2. The van der Waals surface area contributed by atoms with Crippen LogP contribution in [0.5, 0.6) is 0 Å². The van der Waals surface area contributed by atoms with Crippen molar-refractivity contribution in [3.63, 3.8) is 0 Å². The zero-order valence-electron chi connectivity index (χ0n) is 22.7. The largest absolute Gasteiger partial charge is 0.469 e. The highest BCUT2D eigenvalue weighted by atomic mass is 79.9. The van der Waals surface area contributed by atoms with Crippen LogP contribution in [-0.2, 0) is 42.0 Å². The number of aliphatic hydroxyl groups is 1. The Balaban J connectivity index is 1.42. The minimum Gasteiger partial charge on any atom is -0.390 e. The molecule has 43 heavy (non-hydrogen) atoms. The Morgan fingerprint density at radius 2 is 1.77 bits per heavy atom. The van der Waals surface area contributed by atoms with Gasteiger partial charge in [-0.1, -0.05) is 6.92 Å². The molecule has 8 atom stereocenters. The number of halogens is 1. The number of aromatic amines is 1. The molecular formula is C22H30BrN3O15P2. The molecule has 8 unspecified atom stereocenters. The van der Waals surface area contributed by atoms with Gasteiger partial charge in [0.2, 0.25) is 5.91 Å². The van der Waals surface area contributed by atoms with Crippen molar-refractivity contribution in [3.8, 4) is 0 Å². The summed E-state index contributed by atoms with van der Waals surface area (Å²) in [5.74, 6) is -1.97. The number of phosphoric acid groups is 1. The first kappa shape index (κ1) is 34.0. The summed E-state index contributed by atoms with van der Waals surface area (Å²) < 4.78 is 51.6. The Bertz CT molecular complexity index is 1490. The fourth-order valence-corrected chi connectivity index (χ4v) is 6.85. The van der Waals surface area contributed by atoms with Gasteiger partial charge in [0.05, 0.1) is 42.5 Å². The number of aliphatic hydroxyl groups excluding tert-OH is 1. The van der Waals surface area contributed by atoms with Crippen LogP contribution in [0, 0.1) is 5.92 Å². The summed E-state index contributed by atoms with van der Waals surface area (Å²) in [6, 6.07) is 0. The average molecular weight is 718 g/mol. The van der Waals surface area contributed by atoms with Crippen molar-refractivity contribution in [2.24, 2.45) is 5.92 Å². The molecule has 1 amide bonds. The third-order valence-electron chi connectivity index (χ3n) is 7.10. The average Bonchev–Trinajstić information content (AvgIpc) is 3.43. The molecule has 0 radical (unpaired) electrons. The fourth-order valence-electron chi connectivity index (χ4n) is 5.03. The predicted molar refractivity (Wildman–Crippen MR) is 145 cm³/mol. The summed E-state index contributed by atoms with van der Waals surface area (Å²) in [5, 5.41) is 10.4. The first-order valence-corrected chi connectivity index (χ1v) is 16.8. The molecule has 2 fully saturated rings. The monoisotopic (exact) mass is 717 g/mol. The van der Waals surface area contributed by atoms with Gasteiger partial charge in [0.1, 0.15) is 24.7 Å². The second-order valence-corrected chi connectivity index (χ2v) is 14.1. The number of phosphoric ester groups is 1. The SMILES string of the molecule is COC1C(COP(=O)(O)O)OC(N2C=C(CP(=O)(O)OCC3OC(n4cc(Br)c(=O)[nH]c4=O)CC3O)C(=O)CC2=O)C1C. The Morgan fingerprint density at radius 3 is 2.42 bits per heavy atom. The minimum atomic E-state index is -4.82. The molecule has 0 aliphatic carbocycles. The number of amides is 1. The van der Waals surface area contributed by atoms with Crippen LogP contribution < -0.4 is 11.2 Å². The van der Waals surface area contributed by atoms with E-state index in [4.69, 9.17) is 28.5 Å². The topological polar surface area (TPSA) is 253 Å². The highest BCUT2D eigenvalue weighted by molar-refractivity contribution is 9.10. The summed E-state index contributed by atoms with van der Waals surface area (Å²) in [6.45, 7) is 0.507. The molecule has 0 aromatic carbocycles. The molecule has 18 nitrogen and oxygen atoms in total. The van der Waals surface area contributed by atoms with Crippen LogP contribution in [0.3, 0.4) is 0 Å². The maximum absolute atomic E-state index is 12.9. The van der Waals surface area contributed by atoms with Crippen LogP contribution >= 0.6 is 31.3 Å². The van der Waals surface area contributed by atoms with Crippen molar-refractivity contribution in [1.82, 2.24) is 14.5 Å². The Hall–Kier alpha value is -1.86. The number of hydrogen-bond acceptors (Lipinski definition) is 12. The van der Waals surface area contributed by atoms with Crippen molar-refractivity contribution < 1.29 is 61.8 Å². The summed E-state index contributed by atoms with van der Waals surface area (Å²) in [7, 11) is -8.05. The van der Waals surface area contributed by atoms with Crippen LogP contribution in [0.15, 0.2) is 32.0 Å². The molecular weight excluding hydrogens is 688 g/mol. The van der Waals surface area contributed by atoms with Crippen molar-refractivity contribution in [2.45, 2.75) is 56.6 Å². The standard InChI is InChI=1S/C22H30BrN3O15P2/c1-10-19(37-2)16(8-39-43(34,35)36)41-21(10)25-5-11(13(27)3-17(25)29)9-42(32,33)38-7-15-14(28)4-18(40-15)26-6-12(23)20(30)24-22(26)31/h5-6,10,14-16,18-19,21,28H,3-4,7-9H2,1-2H3,(H,32,33)(H,24,30,31)(H2,34,35,36). The number of ether oxygens (including phenoxy) is 3. The van der Waals surface area contributed by atoms with Gasteiger partial charge in [-0.3, -0.25) is 37.9 Å². The van der Waals surface area contributed by atoms with E-state index in [9.17, 15) is 38.3 Å². The van der Waals surface area contributed by atoms with E-state index in [0.717, 1.165) is 15.7 Å². The molecule has 0 saturated carbocycles. The Morgan fingerprint density at radius 1 is 1.09 bits per heavy atom. The second-order valence-electron chi connectivity index (χ2n) is 10.1. The molecule has 1 aromatic rings. The Kier molecular flexibility index (Phi) is 10.5. The number of Topliss-reactive ketones (excluding diaryl/α,β-unsaturated/α-hetero) is 1. The van der Waals surface area contributed by atoms with E-state index in [1.165, 1.54) is 13.3 Å². The van der Waals surface area contributed by atoms with Gasteiger partial charge in [-0.05, 0) is 15.9 Å². The quantitative estimate of drug-likeness (QED) is 0.140. The number of nitrogens with one attached hydrogen (secondary N) is 1. The Labute approximate surface area is 251 Å². The highest BCUT2D eigenvalue weighted by Crippen LogP contribution is 2.46. The van der Waals surface area contributed by atoms with E-state index in [2.05, 4.69) is 25.4 Å². The van der Waals surface area contributed by atoms with E-state index in [0.29, 0.717) is 0 Å². The number of methoxy groups -OCH3 is 1. The van der Waals surface area contributed by atoms with E-state index >= 15 is 0 Å². The summed E-state index contributed by atoms with van der Waals surface area (Å²) >= 11 is 3.00. The van der Waals surface area contributed by atoms with Gasteiger partial charge in [0.15, 0.2) is 5.78 Å². The lowest BCUT2D eigenvalue weighted by Gasteiger charge is -2.32. The second kappa shape index (κ2) is 13.2. The highest BCUT2D eigenvalue weighted by Gasteiger charge is 2.48. The molecule has 4 rings (SSSR count). The maximum atomic E-state index is 12.9.